The molecule has 1 fully saturated rings. The summed E-state index contributed by atoms with van der Waals surface area (Å²) in [6.45, 7) is 5.20. The molecule has 1 heterocycles. The molecule has 3 N–H and O–H groups in total. The molecule has 0 saturated heterocycles. The molecule has 3 rings (SSSR count). The van der Waals surface area contributed by atoms with E-state index in [-0.39, 0.29) is 11.5 Å². The zero-order valence-corrected chi connectivity index (χ0v) is 12.8. The van der Waals surface area contributed by atoms with E-state index in [0.717, 1.165) is 6.54 Å². The molecule has 0 spiro atoms. The van der Waals surface area contributed by atoms with E-state index in [1.54, 1.807) is 6.20 Å². The normalized spacial score (nSPS) is 17.4. The Balaban J connectivity index is 2.07. The average Bonchev–Trinajstić information content (AvgIpc) is 3.29. The van der Waals surface area contributed by atoms with Crippen LogP contribution in [-0.2, 0) is 5.41 Å². The van der Waals surface area contributed by atoms with Gasteiger partial charge in [0.2, 0.25) is 0 Å². The maximum absolute atomic E-state index is 6.20. The molecule has 1 saturated carbocycles. The molecule has 21 heavy (non-hydrogen) atoms. The topological polar surface area (TPSA) is 50.9 Å². The van der Waals surface area contributed by atoms with Gasteiger partial charge in [-0.2, -0.15) is 0 Å². The maximum Gasteiger partial charge on any atom is 0.128 e. The van der Waals surface area contributed by atoms with Gasteiger partial charge in [0, 0.05) is 23.2 Å². The number of hydrogen-bond acceptors (Lipinski definition) is 3. The van der Waals surface area contributed by atoms with Gasteiger partial charge in [-0.15, -0.1) is 0 Å². The quantitative estimate of drug-likeness (QED) is 0.883. The monoisotopic (exact) mass is 281 g/mol. The second-order valence-electron chi connectivity index (χ2n) is 5.94. The summed E-state index contributed by atoms with van der Waals surface area (Å²) >= 11 is 0. The minimum atomic E-state index is 0.166. The fourth-order valence-corrected chi connectivity index (χ4v) is 3.39. The lowest BCUT2D eigenvalue weighted by molar-refractivity contribution is 0.438. The Morgan fingerprint density at radius 2 is 1.95 bits per heavy atom. The van der Waals surface area contributed by atoms with Gasteiger partial charge in [-0.05, 0) is 43.5 Å². The Morgan fingerprint density at radius 1 is 1.24 bits per heavy atom. The Bertz CT molecular complexity index is 597. The largest absolute Gasteiger partial charge is 0.383 e. The Morgan fingerprint density at radius 3 is 2.52 bits per heavy atom. The third-order valence-electron chi connectivity index (χ3n) is 4.63. The highest BCUT2D eigenvalue weighted by molar-refractivity contribution is 5.50. The van der Waals surface area contributed by atoms with Crippen molar-refractivity contribution in [1.82, 2.24) is 10.3 Å². The Labute approximate surface area is 126 Å². The first-order valence-electron chi connectivity index (χ1n) is 7.69. The lowest BCUT2D eigenvalue weighted by Gasteiger charge is -2.30. The minimum absolute atomic E-state index is 0.166. The molecule has 1 atom stereocenters. The lowest BCUT2D eigenvalue weighted by atomic mass is 9.82. The van der Waals surface area contributed by atoms with E-state index in [0.29, 0.717) is 5.82 Å². The number of likely N-dealkylation sites (N-methyl/N-ethyl adjacent to an activating group) is 1. The van der Waals surface area contributed by atoms with Crippen LogP contribution in [0.5, 0.6) is 0 Å². The first kappa shape index (κ1) is 14.1. The van der Waals surface area contributed by atoms with E-state index in [4.69, 9.17) is 5.73 Å². The summed E-state index contributed by atoms with van der Waals surface area (Å²) in [6.07, 6.45) is 4.18. The van der Waals surface area contributed by atoms with E-state index in [2.05, 4.69) is 60.5 Å². The van der Waals surface area contributed by atoms with Crippen LogP contribution in [0.3, 0.4) is 0 Å². The molecule has 1 unspecified atom stereocenters. The van der Waals surface area contributed by atoms with Crippen LogP contribution in [0.4, 0.5) is 5.82 Å². The molecule has 110 valence electrons. The maximum atomic E-state index is 6.20. The van der Waals surface area contributed by atoms with Crippen LogP contribution in [-0.4, -0.2) is 11.5 Å². The second-order valence-corrected chi connectivity index (χ2v) is 5.94. The molecule has 0 radical (unpaired) electrons. The van der Waals surface area contributed by atoms with Crippen molar-refractivity contribution in [2.24, 2.45) is 0 Å². The SMILES string of the molecule is CCNC(c1c(C)ccnc1N)C1(c2ccccc2)CC1. The number of aromatic nitrogens is 1. The minimum Gasteiger partial charge on any atom is -0.383 e. The number of nitrogens with one attached hydrogen (secondary N) is 1. The van der Waals surface area contributed by atoms with E-state index in [1.165, 1.54) is 29.5 Å². The molecule has 1 aliphatic carbocycles. The molecule has 3 nitrogen and oxygen atoms in total. The first-order valence-corrected chi connectivity index (χ1v) is 7.69. The van der Waals surface area contributed by atoms with E-state index in [9.17, 15) is 0 Å². The summed E-state index contributed by atoms with van der Waals surface area (Å²) in [5, 5.41) is 3.66. The van der Waals surface area contributed by atoms with Crippen LogP contribution >= 0.6 is 0 Å². The highest BCUT2D eigenvalue weighted by Crippen LogP contribution is 2.57. The van der Waals surface area contributed by atoms with Gasteiger partial charge in [-0.25, -0.2) is 4.98 Å². The van der Waals surface area contributed by atoms with Gasteiger partial charge in [0.15, 0.2) is 0 Å². The third kappa shape index (κ3) is 2.42. The van der Waals surface area contributed by atoms with Crippen molar-refractivity contribution in [2.75, 3.05) is 12.3 Å². The fraction of sp³-hybridized carbons (Fsp3) is 0.389. The number of benzene rings is 1. The Hall–Kier alpha value is -1.87. The molecule has 1 aliphatic rings. The van der Waals surface area contributed by atoms with Gasteiger partial charge < -0.3 is 11.1 Å². The van der Waals surface area contributed by atoms with Crippen molar-refractivity contribution in [1.29, 1.82) is 0 Å². The van der Waals surface area contributed by atoms with E-state index < -0.39 is 0 Å². The van der Waals surface area contributed by atoms with Gasteiger partial charge >= 0.3 is 0 Å². The van der Waals surface area contributed by atoms with Crippen LogP contribution < -0.4 is 11.1 Å². The third-order valence-corrected chi connectivity index (χ3v) is 4.63. The van der Waals surface area contributed by atoms with Crippen molar-refractivity contribution >= 4 is 5.82 Å². The van der Waals surface area contributed by atoms with E-state index >= 15 is 0 Å². The van der Waals surface area contributed by atoms with E-state index in [1.807, 2.05) is 0 Å². The number of hydrogen-bond donors (Lipinski definition) is 2. The van der Waals surface area contributed by atoms with Gasteiger partial charge in [0.25, 0.3) is 0 Å². The smallest absolute Gasteiger partial charge is 0.128 e. The molecular formula is C18H23N3. The summed E-state index contributed by atoms with van der Waals surface area (Å²) in [5.74, 6) is 0.656. The molecule has 3 heteroatoms. The standard InChI is InChI=1S/C18H23N3/c1-3-20-16(15-13(2)9-12-21-17(15)19)18(10-11-18)14-7-5-4-6-8-14/h4-9,12,16,20H,3,10-11H2,1-2H3,(H2,19,21). The van der Waals surface area contributed by atoms with Crippen LogP contribution in [0.2, 0.25) is 0 Å². The van der Waals surface area contributed by atoms with Gasteiger partial charge in [0.05, 0.1) is 0 Å². The van der Waals surface area contributed by atoms with Crippen LogP contribution in [0, 0.1) is 6.92 Å². The molecule has 0 aliphatic heterocycles. The zero-order valence-electron chi connectivity index (χ0n) is 12.8. The second kappa shape index (κ2) is 5.49. The van der Waals surface area contributed by atoms with Crippen LogP contribution in [0.1, 0.15) is 42.5 Å². The lowest BCUT2D eigenvalue weighted by Crippen LogP contribution is -2.33. The number of aryl methyl sites for hydroxylation is 1. The number of anilines is 1. The van der Waals surface area contributed by atoms with Gasteiger partial charge in [-0.3, -0.25) is 0 Å². The summed E-state index contributed by atoms with van der Waals surface area (Å²) < 4.78 is 0. The van der Waals surface area contributed by atoms with Gasteiger partial charge in [-0.1, -0.05) is 37.3 Å². The van der Waals surface area contributed by atoms with Crippen LogP contribution in [0.25, 0.3) is 0 Å². The molecule has 0 bridgehead atoms. The average molecular weight is 281 g/mol. The van der Waals surface area contributed by atoms with Crippen molar-refractivity contribution in [3.63, 3.8) is 0 Å². The molecular weight excluding hydrogens is 258 g/mol. The van der Waals surface area contributed by atoms with Crippen molar-refractivity contribution < 1.29 is 0 Å². The van der Waals surface area contributed by atoms with Crippen molar-refractivity contribution in [3.05, 3.63) is 59.3 Å². The number of nitrogen functional groups attached to an aromatic ring is 1. The predicted molar refractivity (Wildman–Crippen MR) is 87.2 cm³/mol. The summed E-state index contributed by atoms with van der Waals surface area (Å²) in [6, 6.07) is 13.1. The summed E-state index contributed by atoms with van der Waals surface area (Å²) in [4.78, 5) is 4.32. The molecule has 0 amide bonds. The number of nitrogens with zero attached hydrogens (tertiary/aromatic N) is 1. The van der Waals surface area contributed by atoms with Crippen molar-refractivity contribution in [2.45, 2.75) is 38.1 Å². The number of rotatable bonds is 5. The molecule has 2 aromatic rings. The predicted octanol–water partition coefficient (Wildman–Crippen LogP) is 3.35. The Kier molecular flexibility index (Phi) is 3.68. The first-order chi connectivity index (χ1) is 10.2. The number of pyridine rings is 1. The molecule has 1 aromatic heterocycles. The molecule has 1 aromatic carbocycles. The highest BCUT2D eigenvalue weighted by Gasteiger charge is 2.51. The summed E-state index contributed by atoms with van der Waals surface area (Å²) in [7, 11) is 0. The van der Waals surface area contributed by atoms with Crippen molar-refractivity contribution in [3.8, 4) is 0 Å². The van der Waals surface area contributed by atoms with Gasteiger partial charge in [0.1, 0.15) is 5.82 Å². The number of nitrogens with two attached hydrogens (primary N) is 1. The fourth-order valence-electron chi connectivity index (χ4n) is 3.39. The summed E-state index contributed by atoms with van der Waals surface area (Å²) in [5.41, 5.74) is 10.2. The highest BCUT2D eigenvalue weighted by atomic mass is 15.0. The zero-order chi connectivity index (χ0) is 14.9. The van der Waals surface area contributed by atoms with Crippen LogP contribution in [0.15, 0.2) is 42.6 Å².